The van der Waals surface area contributed by atoms with Crippen LogP contribution in [0.1, 0.15) is 22.4 Å². The van der Waals surface area contributed by atoms with Crippen LogP contribution in [0.2, 0.25) is 0 Å². The monoisotopic (exact) mass is 428 g/mol. The molecule has 0 N–H and O–H groups in total. The van der Waals surface area contributed by atoms with Crippen molar-refractivity contribution in [2.24, 2.45) is 9.98 Å². The molecule has 0 saturated carbocycles. The van der Waals surface area contributed by atoms with E-state index in [0.29, 0.717) is 0 Å². The highest BCUT2D eigenvalue weighted by molar-refractivity contribution is 6.08. The van der Waals surface area contributed by atoms with Gasteiger partial charge in [-0.1, -0.05) is 84.9 Å². The summed E-state index contributed by atoms with van der Waals surface area (Å²) in [6.45, 7) is 4.18. The summed E-state index contributed by atoms with van der Waals surface area (Å²) in [5, 5.41) is 6.00. The van der Waals surface area contributed by atoms with E-state index in [-0.39, 0.29) is 0 Å². The first-order valence-electron chi connectivity index (χ1n) is 11.0. The van der Waals surface area contributed by atoms with Crippen molar-refractivity contribution >= 4 is 34.3 Å². The molecule has 0 atom stereocenters. The summed E-state index contributed by atoms with van der Waals surface area (Å²) in [7, 11) is 0. The molecular formula is C29H24N4. The average Bonchev–Trinajstić information content (AvgIpc) is 3.22. The number of para-hydroxylation sites is 3. The Kier molecular flexibility index (Phi) is 5.64. The van der Waals surface area contributed by atoms with E-state index >= 15 is 0 Å². The molecule has 0 radical (unpaired) electrons. The summed E-state index contributed by atoms with van der Waals surface area (Å²) in [5.41, 5.74) is 6.91. The Morgan fingerprint density at radius 3 is 2.09 bits per heavy atom. The predicted molar refractivity (Wildman–Crippen MR) is 137 cm³/mol. The van der Waals surface area contributed by atoms with Crippen LogP contribution in [0.5, 0.6) is 0 Å². The highest BCUT2D eigenvalue weighted by Crippen LogP contribution is 2.26. The van der Waals surface area contributed by atoms with Gasteiger partial charge in [-0.2, -0.15) is 5.10 Å². The number of aromatic nitrogens is 2. The molecule has 0 spiro atoms. The van der Waals surface area contributed by atoms with Crippen molar-refractivity contribution in [1.29, 1.82) is 0 Å². The second kappa shape index (κ2) is 9.05. The summed E-state index contributed by atoms with van der Waals surface area (Å²) >= 11 is 0. The standard InChI is InChI=1S/C29H24N4/c1-21-12-11-13-22(2)28(21)31-29(23-14-5-3-6-15-23)33-27-19-10-9-18-25(27)26(32-33)20-30-24-16-7-4-8-17-24/h3-20H,1-2H3/b30-20+,31-29-. The zero-order chi connectivity index (χ0) is 22.6. The Morgan fingerprint density at radius 2 is 1.36 bits per heavy atom. The second-order valence-electron chi connectivity index (χ2n) is 7.95. The highest BCUT2D eigenvalue weighted by Gasteiger charge is 2.16. The Hall–Kier alpha value is -4.31. The summed E-state index contributed by atoms with van der Waals surface area (Å²) < 4.78 is 1.93. The fraction of sp³-hybridized carbons (Fsp3) is 0.0690. The number of aryl methyl sites for hydroxylation is 2. The van der Waals surface area contributed by atoms with Crippen LogP contribution in [-0.2, 0) is 0 Å². The third kappa shape index (κ3) is 4.23. The maximum atomic E-state index is 5.15. The van der Waals surface area contributed by atoms with Gasteiger partial charge in [0.1, 0.15) is 5.69 Å². The third-order valence-electron chi connectivity index (χ3n) is 5.60. The molecule has 0 bridgehead atoms. The van der Waals surface area contributed by atoms with E-state index in [1.807, 2.05) is 71.6 Å². The van der Waals surface area contributed by atoms with Crippen molar-refractivity contribution in [3.63, 3.8) is 0 Å². The first-order chi connectivity index (χ1) is 16.2. The van der Waals surface area contributed by atoms with E-state index in [1.54, 1.807) is 0 Å². The average molecular weight is 429 g/mol. The van der Waals surface area contributed by atoms with E-state index in [2.05, 4.69) is 61.3 Å². The Labute approximate surface area is 193 Å². The zero-order valence-corrected chi connectivity index (χ0v) is 18.7. The molecule has 1 heterocycles. The zero-order valence-electron chi connectivity index (χ0n) is 18.7. The van der Waals surface area contributed by atoms with Crippen LogP contribution in [0.3, 0.4) is 0 Å². The number of rotatable bonds is 4. The van der Waals surface area contributed by atoms with E-state index in [4.69, 9.17) is 10.1 Å². The van der Waals surface area contributed by atoms with Crippen LogP contribution in [0.25, 0.3) is 10.9 Å². The highest BCUT2D eigenvalue weighted by atomic mass is 15.3. The summed E-state index contributed by atoms with van der Waals surface area (Å²) in [6, 6.07) is 34.6. The molecule has 0 aliphatic carbocycles. The first kappa shape index (κ1) is 20.6. The van der Waals surface area contributed by atoms with Gasteiger partial charge in [-0.05, 0) is 43.2 Å². The minimum Gasteiger partial charge on any atom is -0.255 e. The Morgan fingerprint density at radius 1 is 0.727 bits per heavy atom. The van der Waals surface area contributed by atoms with Crippen molar-refractivity contribution in [2.75, 3.05) is 0 Å². The van der Waals surface area contributed by atoms with E-state index in [9.17, 15) is 0 Å². The van der Waals surface area contributed by atoms with Crippen LogP contribution < -0.4 is 0 Å². The van der Waals surface area contributed by atoms with Crippen LogP contribution in [0.4, 0.5) is 11.4 Å². The lowest BCUT2D eigenvalue weighted by atomic mass is 10.1. The van der Waals surface area contributed by atoms with Gasteiger partial charge >= 0.3 is 0 Å². The maximum absolute atomic E-state index is 5.15. The van der Waals surface area contributed by atoms with Gasteiger partial charge < -0.3 is 0 Å². The molecule has 0 aliphatic rings. The SMILES string of the molecule is Cc1cccc(C)c1/N=C(/c1ccccc1)n1nc(/C=N/c2ccccc2)c2ccccc21. The third-order valence-corrected chi connectivity index (χ3v) is 5.60. The van der Waals surface area contributed by atoms with Gasteiger partial charge in [-0.25, -0.2) is 9.67 Å². The summed E-state index contributed by atoms with van der Waals surface area (Å²) in [6.07, 6.45) is 1.83. The quantitative estimate of drug-likeness (QED) is 0.224. The van der Waals surface area contributed by atoms with Crippen molar-refractivity contribution in [3.8, 4) is 0 Å². The van der Waals surface area contributed by atoms with E-state index in [1.165, 1.54) is 0 Å². The molecule has 4 heteroatoms. The number of hydrogen-bond acceptors (Lipinski definition) is 3. The predicted octanol–water partition coefficient (Wildman–Crippen LogP) is 7.03. The summed E-state index contributed by atoms with van der Waals surface area (Å²) in [4.78, 5) is 9.80. The topological polar surface area (TPSA) is 42.5 Å². The molecule has 4 nitrogen and oxygen atoms in total. The van der Waals surface area contributed by atoms with Crippen LogP contribution in [0, 0.1) is 13.8 Å². The molecule has 4 aromatic carbocycles. The lowest BCUT2D eigenvalue weighted by molar-refractivity contribution is 0.957. The number of benzene rings is 4. The van der Waals surface area contributed by atoms with Gasteiger partial charge in [0.15, 0.2) is 5.84 Å². The van der Waals surface area contributed by atoms with Gasteiger partial charge in [0, 0.05) is 10.9 Å². The van der Waals surface area contributed by atoms with E-state index < -0.39 is 0 Å². The largest absolute Gasteiger partial charge is 0.255 e. The molecule has 1 aromatic heterocycles. The molecule has 33 heavy (non-hydrogen) atoms. The van der Waals surface area contributed by atoms with Crippen LogP contribution in [-0.4, -0.2) is 21.8 Å². The molecule has 0 fully saturated rings. The second-order valence-corrected chi connectivity index (χ2v) is 7.95. The molecule has 5 aromatic rings. The van der Waals surface area contributed by atoms with Crippen molar-refractivity contribution in [2.45, 2.75) is 13.8 Å². The fourth-order valence-electron chi connectivity index (χ4n) is 3.91. The molecular weight excluding hydrogens is 404 g/mol. The van der Waals surface area contributed by atoms with Gasteiger partial charge in [0.25, 0.3) is 0 Å². The van der Waals surface area contributed by atoms with Crippen LogP contribution >= 0.6 is 0 Å². The first-order valence-corrected chi connectivity index (χ1v) is 11.0. The van der Waals surface area contributed by atoms with Crippen LogP contribution in [0.15, 0.2) is 113 Å². The molecule has 0 amide bonds. The van der Waals surface area contributed by atoms with Gasteiger partial charge in [0.05, 0.1) is 23.1 Å². The van der Waals surface area contributed by atoms with Gasteiger partial charge in [-0.3, -0.25) is 4.99 Å². The molecule has 160 valence electrons. The molecule has 0 saturated heterocycles. The normalized spacial score (nSPS) is 12.0. The summed E-state index contributed by atoms with van der Waals surface area (Å²) in [5.74, 6) is 0.781. The molecule has 0 aliphatic heterocycles. The van der Waals surface area contributed by atoms with Crippen molar-refractivity contribution < 1.29 is 0 Å². The smallest absolute Gasteiger partial charge is 0.161 e. The minimum absolute atomic E-state index is 0.781. The van der Waals surface area contributed by atoms with Crippen molar-refractivity contribution in [3.05, 3.63) is 126 Å². The molecule has 0 unspecified atom stereocenters. The van der Waals surface area contributed by atoms with Crippen molar-refractivity contribution in [1.82, 2.24) is 9.78 Å². The number of nitrogens with zero attached hydrogens (tertiary/aromatic N) is 4. The lowest BCUT2D eigenvalue weighted by Crippen LogP contribution is -2.15. The number of hydrogen-bond donors (Lipinski definition) is 0. The lowest BCUT2D eigenvalue weighted by Gasteiger charge is -2.11. The number of fused-ring (bicyclic) bond motifs is 1. The van der Waals surface area contributed by atoms with Gasteiger partial charge in [0.2, 0.25) is 0 Å². The minimum atomic E-state index is 0.781. The Bertz CT molecular complexity index is 1440. The number of aliphatic imine (C=N–C) groups is 2. The van der Waals surface area contributed by atoms with Gasteiger partial charge in [-0.15, -0.1) is 0 Å². The fourth-order valence-corrected chi connectivity index (χ4v) is 3.91. The van der Waals surface area contributed by atoms with E-state index in [0.717, 1.165) is 50.5 Å². The molecule has 5 rings (SSSR count). The maximum Gasteiger partial charge on any atom is 0.161 e. The Balaban J connectivity index is 1.72.